The van der Waals surface area contributed by atoms with E-state index in [0.29, 0.717) is 12.6 Å². The molecule has 0 saturated heterocycles. The molecule has 0 spiro atoms. The normalized spacial score (nSPS) is 13.9. The largest absolute Gasteiger partial charge is 0.383 e. The highest BCUT2D eigenvalue weighted by atomic mass is 16.5. The molecule has 0 aromatic carbocycles. The van der Waals surface area contributed by atoms with Gasteiger partial charge in [-0.15, -0.1) is 0 Å². The third-order valence-corrected chi connectivity index (χ3v) is 3.20. The smallest absolute Gasteiger partial charge is 0.0630 e. The van der Waals surface area contributed by atoms with E-state index < -0.39 is 0 Å². The lowest BCUT2D eigenvalue weighted by molar-refractivity contribution is 0.0336. The van der Waals surface area contributed by atoms with Crippen molar-refractivity contribution in [3.05, 3.63) is 0 Å². The van der Waals surface area contributed by atoms with Crippen LogP contribution in [0.2, 0.25) is 0 Å². The van der Waals surface area contributed by atoms with Gasteiger partial charge in [0, 0.05) is 51.5 Å². The lowest BCUT2D eigenvalue weighted by atomic mass is 10.1. The lowest BCUT2D eigenvalue weighted by Gasteiger charge is -2.33. The zero-order valence-electron chi connectivity index (χ0n) is 14.9. The number of ether oxygens (including phenoxy) is 3. The maximum absolute atomic E-state index is 5.50. The van der Waals surface area contributed by atoms with E-state index in [1.807, 2.05) is 13.8 Å². The molecule has 21 heavy (non-hydrogen) atoms. The summed E-state index contributed by atoms with van der Waals surface area (Å²) in [6.45, 7) is 17.0. The first kappa shape index (κ1) is 20.8. The van der Waals surface area contributed by atoms with E-state index in [1.54, 1.807) is 7.11 Å². The van der Waals surface area contributed by atoms with Crippen LogP contribution in [0.5, 0.6) is 0 Å². The standard InChI is InChI=1S/C16H36N2O3/c1-7-20-11-9-18(10-12-21-8-2)15(14-19-6)13-17-16(3,4)5/h15,17H,7-14H2,1-6H3. The fraction of sp³-hybridized carbons (Fsp3) is 1.00. The van der Waals surface area contributed by atoms with E-state index in [1.165, 1.54) is 0 Å². The fourth-order valence-corrected chi connectivity index (χ4v) is 2.04. The van der Waals surface area contributed by atoms with E-state index in [-0.39, 0.29) is 5.54 Å². The summed E-state index contributed by atoms with van der Waals surface area (Å²) in [6, 6.07) is 0.329. The van der Waals surface area contributed by atoms with Gasteiger partial charge in [-0.3, -0.25) is 4.90 Å². The summed E-state index contributed by atoms with van der Waals surface area (Å²) in [4.78, 5) is 2.40. The fourth-order valence-electron chi connectivity index (χ4n) is 2.04. The first-order valence-corrected chi connectivity index (χ1v) is 8.08. The molecule has 0 aromatic rings. The maximum Gasteiger partial charge on any atom is 0.0630 e. The van der Waals surface area contributed by atoms with Crippen molar-refractivity contribution in [3.8, 4) is 0 Å². The Morgan fingerprint density at radius 1 is 1.00 bits per heavy atom. The Hall–Kier alpha value is -0.200. The summed E-state index contributed by atoms with van der Waals surface area (Å²) >= 11 is 0. The summed E-state index contributed by atoms with van der Waals surface area (Å²) in [5.41, 5.74) is 0.109. The zero-order valence-corrected chi connectivity index (χ0v) is 14.9. The molecule has 0 fully saturated rings. The molecule has 1 unspecified atom stereocenters. The summed E-state index contributed by atoms with van der Waals surface area (Å²) in [7, 11) is 1.76. The van der Waals surface area contributed by atoms with Gasteiger partial charge < -0.3 is 19.5 Å². The van der Waals surface area contributed by atoms with Crippen LogP contribution in [0.4, 0.5) is 0 Å². The summed E-state index contributed by atoms with van der Waals surface area (Å²) in [5.74, 6) is 0. The van der Waals surface area contributed by atoms with Crippen LogP contribution < -0.4 is 5.32 Å². The Kier molecular flexibility index (Phi) is 12.2. The van der Waals surface area contributed by atoms with Gasteiger partial charge in [-0.25, -0.2) is 0 Å². The highest BCUT2D eigenvalue weighted by Gasteiger charge is 2.20. The Morgan fingerprint density at radius 2 is 1.52 bits per heavy atom. The van der Waals surface area contributed by atoms with Gasteiger partial charge in [0.15, 0.2) is 0 Å². The van der Waals surface area contributed by atoms with Gasteiger partial charge in [0.2, 0.25) is 0 Å². The van der Waals surface area contributed by atoms with Gasteiger partial charge in [0.05, 0.1) is 19.8 Å². The zero-order chi connectivity index (χ0) is 16.1. The summed E-state index contributed by atoms with van der Waals surface area (Å²) < 4.78 is 16.4. The molecular formula is C16H36N2O3. The van der Waals surface area contributed by atoms with E-state index >= 15 is 0 Å². The quantitative estimate of drug-likeness (QED) is 0.525. The highest BCUT2D eigenvalue weighted by molar-refractivity contribution is 4.79. The maximum atomic E-state index is 5.50. The number of hydrogen-bond acceptors (Lipinski definition) is 5. The topological polar surface area (TPSA) is 43.0 Å². The van der Waals surface area contributed by atoms with E-state index in [2.05, 4.69) is 31.0 Å². The van der Waals surface area contributed by atoms with Crippen LogP contribution in [-0.4, -0.2) is 76.3 Å². The van der Waals surface area contributed by atoms with Crippen molar-refractivity contribution in [2.75, 3.05) is 59.8 Å². The SMILES string of the molecule is CCOCCN(CCOCC)C(CNC(C)(C)C)COC. The van der Waals surface area contributed by atoms with Gasteiger partial charge in [0.25, 0.3) is 0 Å². The van der Waals surface area contributed by atoms with Gasteiger partial charge in [-0.05, 0) is 34.6 Å². The minimum Gasteiger partial charge on any atom is -0.383 e. The minimum absolute atomic E-state index is 0.109. The van der Waals surface area contributed by atoms with Crippen molar-refractivity contribution >= 4 is 0 Å². The second kappa shape index (κ2) is 12.4. The second-order valence-electron chi connectivity index (χ2n) is 6.17. The first-order valence-electron chi connectivity index (χ1n) is 8.08. The number of hydrogen-bond donors (Lipinski definition) is 1. The van der Waals surface area contributed by atoms with Crippen LogP contribution in [0.25, 0.3) is 0 Å². The van der Waals surface area contributed by atoms with Crippen molar-refractivity contribution in [1.29, 1.82) is 0 Å². The lowest BCUT2D eigenvalue weighted by Crippen LogP contribution is -2.51. The molecule has 0 radical (unpaired) electrons. The van der Waals surface area contributed by atoms with Crippen molar-refractivity contribution < 1.29 is 14.2 Å². The first-order chi connectivity index (χ1) is 9.94. The molecule has 0 bridgehead atoms. The molecular weight excluding hydrogens is 268 g/mol. The van der Waals surface area contributed by atoms with Crippen LogP contribution in [-0.2, 0) is 14.2 Å². The molecule has 128 valence electrons. The van der Waals surface area contributed by atoms with Crippen LogP contribution >= 0.6 is 0 Å². The van der Waals surface area contributed by atoms with Crippen LogP contribution in [0.3, 0.4) is 0 Å². The molecule has 0 saturated carbocycles. The average Bonchev–Trinajstić information content (AvgIpc) is 2.41. The molecule has 0 aromatic heterocycles. The van der Waals surface area contributed by atoms with E-state index in [4.69, 9.17) is 14.2 Å². The molecule has 0 amide bonds. The van der Waals surface area contributed by atoms with Crippen molar-refractivity contribution in [2.24, 2.45) is 0 Å². The summed E-state index contributed by atoms with van der Waals surface area (Å²) in [5, 5.41) is 3.56. The van der Waals surface area contributed by atoms with Crippen molar-refractivity contribution in [3.63, 3.8) is 0 Å². The predicted molar refractivity (Wildman–Crippen MR) is 88.0 cm³/mol. The van der Waals surface area contributed by atoms with Gasteiger partial charge in [-0.1, -0.05) is 0 Å². The molecule has 0 aliphatic carbocycles. The molecule has 0 aliphatic heterocycles. The number of methoxy groups -OCH3 is 1. The molecule has 0 aliphatic rings. The third-order valence-electron chi connectivity index (χ3n) is 3.20. The minimum atomic E-state index is 0.109. The number of nitrogens with zero attached hydrogens (tertiary/aromatic N) is 1. The average molecular weight is 304 g/mol. The number of nitrogens with one attached hydrogen (secondary N) is 1. The Bertz CT molecular complexity index is 222. The third kappa shape index (κ3) is 12.1. The molecule has 1 N–H and O–H groups in total. The molecule has 1 atom stereocenters. The summed E-state index contributed by atoms with van der Waals surface area (Å²) in [6.07, 6.45) is 0. The molecule has 5 nitrogen and oxygen atoms in total. The van der Waals surface area contributed by atoms with Crippen molar-refractivity contribution in [2.45, 2.75) is 46.2 Å². The molecule has 0 heterocycles. The molecule has 0 rings (SSSR count). The van der Waals surface area contributed by atoms with E-state index in [9.17, 15) is 0 Å². The Labute approximate surface area is 131 Å². The van der Waals surface area contributed by atoms with E-state index in [0.717, 1.165) is 46.1 Å². The number of rotatable bonds is 13. The Morgan fingerprint density at radius 3 is 1.90 bits per heavy atom. The molecule has 5 heteroatoms. The van der Waals surface area contributed by atoms with Gasteiger partial charge >= 0.3 is 0 Å². The van der Waals surface area contributed by atoms with Crippen LogP contribution in [0, 0.1) is 0 Å². The van der Waals surface area contributed by atoms with Crippen molar-refractivity contribution in [1.82, 2.24) is 10.2 Å². The second-order valence-corrected chi connectivity index (χ2v) is 6.17. The highest BCUT2D eigenvalue weighted by Crippen LogP contribution is 2.04. The van der Waals surface area contributed by atoms with Crippen LogP contribution in [0.1, 0.15) is 34.6 Å². The Balaban J connectivity index is 4.48. The predicted octanol–water partition coefficient (Wildman–Crippen LogP) is 1.76. The monoisotopic (exact) mass is 304 g/mol. The van der Waals surface area contributed by atoms with Gasteiger partial charge in [0.1, 0.15) is 0 Å². The van der Waals surface area contributed by atoms with Crippen LogP contribution in [0.15, 0.2) is 0 Å². The van der Waals surface area contributed by atoms with Gasteiger partial charge in [-0.2, -0.15) is 0 Å².